The van der Waals surface area contributed by atoms with Crippen LogP contribution in [0.1, 0.15) is 22.7 Å². The quantitative estimate of drug-likeness (QED) is 0.463. The highest BCUT2D eigenvalue weighted by Crippen LogP contribution is 2.38. The van der Waals surface area contributed by atoms with Gasteiger partial charge in [-0.1, -0.05) is 18.2 Å². The van der Waals surface area contributed by atoms with Gasteiger partial charge in [-0.25, -0.2) is 15.0 Å². The molecule has 3 aromatic heterocycles. The van der Waals surface area contributed by atoms with E-state index in [2.05, 4.69) is 44.9 Å². The lowest BCUT2D eigenvalue weighted by atomic mass is 9.91. The molecular weight excluding hydrogens is 396 g/mol. The third-order valence-electron chi connectivity index (χ3n) is 5.78. The molecule has 6 rings (SSSR count). The maximum absolute atomic E-state index is 5.95. The minimum atomic E-state index is 0.289. The molecule has 4 heterocycles. The van der Waals surface area contributed by atoms with Crippen LogP contribution in [-0.4, -0.2) is 39.1 Å². The van der Waals surface area contributed by atoms with Crippen molar-refractivity contribution in [3.05, 3.63) is 46.7 Å². The number of nitrogens with one attached hydrogen (secondary N) is 3. The molecule has 0 unspecified atom stereocenters. The topological polar surface area (TPSA) is 87.8 Å². The average Bonchev–Trinajstić information content (AvgIpc) is 3.37. The highest BCUT2D eigenvalue weighted by Gasteiger charge is 2.26. The molecule has 4 aromatic rings. The Hall–Kier alpha value is -3.13. The number of nitrogens with zero attached hydrogens (tertiary/aromatic N) is 3. The van der Waals surface area contributed by atoms with Crippen LogP contribution in [0.15, 0.2) is 30.5 Å². The van der Waals surface area contributed by atoms with Gasteiger partial charge in [0.1, 0.15) is 6.61 Å². The number of benzene rings is 1. The second-order valence-electron chi connectivity index (χ2n) is 7.80. The summed E-state index contributed by atoms with van der Waals surface area (Å²) >= 11 is 1.60. The van der Waals surface area contributed by atoms with E-state index >= 15 is 0 Å². The second kappa shape index (κ2) is 6.98. The molecule has 0 radical (unpaired) electrons. The molecular formula is C22H22N6OS. The van der Waals surface area contributed by atoms with Crippen molar-refractivity contribution in [1.29, 1.82) is 0 Å². The Labute approximate surface area is 177 Å². The number of hydrogen-bond donors (Lipinski definition) is 3. The Morgan fingerprint density at radius 2 is 2.17 bits per heavy atom. The lowest BCUT2D eigenvalue weighted by molar-refractivity contribution is 0.321. The number of anilines is 2. The molecule has 152 valence electrons. The number of H-pyrrole nitrogens is 1. The fraction of sp³-hybridized carbons (Fsp3) is 0.318. The van der Waals surface area contributed by atoms with Gasteiger partial charge in [0.2, 0.25) is 5.75 Å². The predicted octanol–water partition coefficient (Wildman–Crippen LogP) is 4.16. The largest absolute Gasteiger partial charge is 0.485 e. The van der Waals surface area contributed by atoms with Crippen molar-refractivity contribution in [3.63, 3.8) is 0 Å². The Kier molecular flexibility index (Phi) is 4.12. The van der Waals surface area contributed by atoms with Gasteiger partial charge < -0.3 is 20.4 Å². The Morgan fingerprint density at radius 1 is 1.23 bits per heavy atom. The van der Waals surface area contributed by atoms with Crippen LogP contribution in [0.3, 0.4) is 0 Å². The molecule has 2 aliphatic rings. The summed E-state index contributed by atoms with van der Waals surface area (Å²) in [5.41, 5.74) is 3.99. The molecule has 1 aromatic carbocycles. The van der Waals surface area contributed by atoms with Crippen molar-refractivity contribution < 1.29 is 4.74 Å². The van der Waals surface area contributed by atoms with Crippen molar-refractivity contribution >= 4 is 33.9 Å². The molecule has 0 bridgehead atoms. The summed E-state index contributed by atoms with van der Waals surface area (Å²) in [6.07, 6.45) is 4.87. The van der Waals surface area contributed by atoms with Gasteiger partial charge >= 0.3 is 0 Å². The smallest absolute Gasteiger partial charge is 0.204 e. The van der Waals surface area contributed by atoms with E-state index < -0.39 is 0 Å². The molecule has 3 N–H and O–H groups in total. The number of para-hydroxylation sites is 1. The zero-order chi connectivity index (χ0) is 20.1. The molecule has 0 spiro atoms. The monoisotopic (exact) mass is 418 g/mol. The van der Waals surface area contributed by atoms with Crippen LogP contribution >= 0.6 is 11.3 Å². The molecule has 8 heteroatoms. The highest BCUT2D eigenvalue weighted by atomic mass is 32.1. The number of aryl methyl sites for hydroxylation is 2. The summed E-state index contributed by atoms with van der Waals surface area (Å²) < 4.78 is 5.95. The van der Waals surface area contributed by atoms with Gasteiger partial charge in [-0.3, -0.25) is 0 Å². The second-order valence-corrected chi connectivity index (χ2v) is 9.04. The number of hydrogen-bond acceptors (Lipinski definition) is 7. The normalized spacial score (nSPS) is 17.7. The third kappa shape index (κ3) is 2.99. The van der Waals surface area contributed by atoms with E-state index in [1.165, 1.54) is 22.2 Å². The number of aromatic amines is 1. The molecule has 0 amide bonds. The van der Waals surface area contributed by atoms with Crippen LogP contribution in [0.2, 0.25) is 0 Å². The Bertz CT molecular complexity index is 1250. The SMILES string of the molecule is Cc1ncc(-c2nc3c(c(N[C@@H]4CCc5[nH]c6ccccc6c5C4)n2)OCCN3)s1. The van der Waals surface area contributed by atoms with Crippen LogP contribution in [0.25, 0.3) is 21.6 Å². The number of thiazole rings is 1. The third-order valence-corrected chi connectivity index (χ3v) is 6.69. The van der Waals surface area contributed by atoms with Crippen LogP contribution in [0.5, 0.6) is 5.75 Å². The fourth-order valence-electron chi connectivity index (χ4n) is 4.39. The van der Waals surface area contributed by atoms with Gasteiger partial charge in [-0.2, -0.15) is 0 Å². The molecule has 0 saturated heterocycles. The lowest BCUT2D eigenvalue weighted by Gasteiger charge is -2.27. The van der Waals surface area contributed by atoms with Gasteiger partial charge in [0.15, 0.2) is 17.5 Å². The van der Waals surface area contributed by atoms with Gasteiger partial charge in [0, 0.05) is 28.8 Å². The number of rotatable bonds is 3. The summed E-state index contributed by atoms with van der Waals surface area (Å²) in [5, 5.41) is 9.36. The highest BCUT2D eigenvalue weighted by molar-refractivity contribution is 7.14. The minimum absolute atomic E-state index is 0.289. The summed E-state index contributed by atoms with van der Waals surface area (Å²) in [6, 6.07) is 8.84. The van der Waals surface area contributed by atoms with E-state index in [1.54, 1.807) is 11.3 Å². The van der Waals surface area contributed by atoms with E-state index in [-0.39, 0.29) is 6.04 Å². The van der Waals surface area contributed by atoms with Crippen LogP contribution in [0, 0.1) is 6.92 Å². The fourth-order valence-corrected chi connectivity index (χ4v) is 5.10. The van der Waals surface area contributed by atoms with Gasteiger partial charge in [0.25, 0.3) is 0 Å². The summed E-state index contributed by atoms with van der Waals surface area (Å²) in [6.45, 7) is 3.35. The van der Waals surface area contributed by atoms with Crippen LogP contribution in [-0.2, 0) is 12.8 Å². The first-order valence-electron chi connectivity index (χ1n) is 10.3. The zero-order valence-corrected chi connectivity index (χ0v) is 17.5. The van der Waals surface area contributed by atoms with E-state index in [4.69, 9.17) is 14.7 Å². The summed E-state index contributed by atoms with van der Waals surface area (Å²) in [4.78, 5) is 18.5. The predicted molar refractivity (Wildman–Crippen MR) is 120 cm³/mol. The molecule has 1 aliphatic carbocycles. The van der Waals surface area contributed by atoms with Gasteiger partial charge in [-0.15, -0.1) is 11.3 Å². The standard InChI is InChI=1S/C22H22N6OS/c1-12-24-11-18(30-12)20-27-21-19(29-9-8-23-21)22(28-20)25-13-6-7-17-15(10-13)14-4-2-3-5-16(14)26-17/h2-5,11,13,26H,6-10H2,1H3,(H2,23,25,27,28)/t13-/m1/s1. The summed E-state index contributed by atoms with van der Waals surface area (Å²) in [5.74, 6) is 2.92. The zero-order valence-electron chi connectivity index (χ0n) is 16.7. The van der Waals surface area contributed by atoms with E-state index in [1.807, 2.05) is 13.1 Å². The van der Waals surface area contributed by atoms with Crippen LogP contribution < -0.4 is 15.4 Å². The minimum Gasteiger partial charge on any atom is -0.485 e. The van der Waals surface area contributed by atoms with Crippen LogP contribution in [0.4, 0.5) is 11.6 Å². The molecule has 1 aliphatic heterocycles. The molecule has 30 heavy (non-hydrogen) atoms. The first-order valence-corrected chi connectivity index (χ1v) is 11.1. The van der Waals surface area contributed by atoms with Crippen molar-refractivity contribution in [2.45, 2.75) is 32.2 Å². The van der Waals surface area contributed by atoms with Crippen molar-refractivity contribution in [3.8, 4) is 16.5 Å². The van der Waals surface area contributed by atoms with E-state index in [0.29, 0.717) is 12.4 Å². The van der Waals surface area contributed by atoms with Crippen molar-refractivity contribution in [1.82, 2.24) is 19.9 Å². The molecule has 0 fully saturated rings. The summed E-state index contributed by atoms with van der Waals surface area (Å²) in [7, 11) is 0. The lowest BCUT2D eigenvalue weighted by Crippen LogP contribution is -2.29. The number of fused-ring (bicyclic) bond motifs is 4. The maximum Gasteiger partial charge on any atom is 0.204 e. The van der Waals surface area contributed by atoms with E-state index in [0.717, 1.165) is 53.1 Å². The average molecular weight is 419 g/mol. The van der Waals surface area contributed by atoms with Crippen molar-refractivity contribution in [2.24, 2.45) is 0 Å². The number of ether oxygens (including phenoxy) is 1. The maximum atomic E-state index is 5.95. The van der Waals surface area contributed by atoms with Gasteiger partial charge in [-0.05, 0) is 37.8 Å². The van der Waals surface area contributed by atoms with Crippen molar-refractivity contribution in [2.75, 3.05) is 23.8 Å². The molecule has 1 atom stereocenters. The van der Waals surface area contributed by atoms with Gasteiger partial charge in [0.05, 0.1) is 16.4 Å². The van der Waals surface area contributed by atoms with E-state index in [9.17, 15) is 0 Å². The number of aromatic nitrogens is 4. The molecule has 7 nitrogen and oxygen atoms in total. The Morgan fingerprint density at radius 3 is 3.07 bits per heavy atom. The first kappa shape index (κ1) is 17.7. The molecule has 0 saturated carbocycles. The first-order chi connectivity index (χ1) is 14.7. The Balaban J connectivity index is 1.35.